The summed E-state index contributed by atoms with van der Waals surface area (Å²) in [5.74, 6) is 1.72. The molecule has 0 N–H and O–H groups in total. The highest BCUT2D eigenvalue weighted by molar-refractivity contribution is 6.86. The van der Waals surface area contributed by atoms with Crippen LogP contribution >= 0.6 is 0 Å². The fourth-order valence-corrected chi connectivity index (χ4v) is 3.70. The fraction of sp³-hybridized carbons (Fsp3) is 0.368. The van der Waals surface area contributed by atoms with Crippen molar-refractivity contribution in [2.24, 2.45) is 0 Å². The average molecular weight is 278 g/mol. The first-order chi connectivity index (χ1) is 10.4. The molecular weight excluding hydrogens is 255 g/mol. The minimum atomic E-state index is 0.501. The molecule has 0 amide bonds. The molecule has 0 spiro atoms. The van der Waals surface area contributed by atoms with E-state index >= 15 is 0 Å². The molecule has 0 atom stereocenters. The van der Waals surface area contributed by atoms with Crippen LogP contribution in [0.4, 0.5) is 0 Å². The lowest BCUT2D eigenvalue weighted by Gasteiger charge is -2.29. The van der Waals surface area contributed by atoms with Crippen molar-refractivity contribution in [2.45, 2.75) is 37.9 Å². The molecule has 0 heterocycles. The molecule has 1 nitrogen and oxygen atoms in total. The molecule has 1 fully saturated rings. The van der Waals surface area contributed by atoms with Crippen molar-refractivity contribution in [3.8, 4) is 5.75 Å². The van der Waals surface area contributed by atoms with Gasteiger partial charge in [-0.3, -0.25) is 0 Å². The van der Waals surface area contributed by atoms with Gasteiger partial charge in [0.15, 0.2) is 0 Å². The summed E-state index contributed by atoms with van der Waals surface area (Å²) in [5, 5.41) is 0. The molecule has 0 radical (unpaired) electrons. The summed E-state index contributed by atoms with van der Waals surface area (Å²) in [4.78, 5) is 0. The molecule has 0 aliphatic heterocycles. The molecule has 1 aliphatic rings. The minimum absolute atomic E-state index is 0.501. The van der Waals surface area contributed by atoms with E-state index in [1.54, 1.807) is 7.11 Å². The van der Waals surface area contributed by atoms with Crippen LogP contribution in [0, 0.1) is 0 Å². The maximum Gasteiger partial charge on any atom is 0.212 e. The topological polar surface area (TPSA) is 9.23 Å². The highest BCUT2D eigenvalue weighted by Gasteiger charge is 2.30. The Morgan fingerprint density at radius 2 is 1.57 bits per heavy atom. The van der Waals surface area contributed by atoms with E-state index in [0.29, 0.717) is 6.71 Å². The predicted molar refractivity (Wildman–Crippen MR) is 91.3 cm³/mol. The Kier molecular flexibility index (Phi) is 4.64. The SMILES string of the molecule is COc1cccc(B(c2ccccc2)C2CCCCC2)c1. The Hall–Kier alpha value is -1.70. The van der Waals surface area contributed by atoms with Gasteiger partial charge in [-0.15, -0.1) is 0 Å². The summed E-state index contributed by atoms with van der Waals surface area (Å²) in [5.41, 5.74) is 2.84. The van der Waals surface area contributed by atoms with Gasteiger partial charge in [-0.1, -0.05) is 91.3 Å². The van der Waals surface area contributed by atoms with Crippen LogP contribution in [0.5, 0.6) is 5.75 Å². The second-order valence-electron chi connectivity index (χ2n) is 6.06. The zero-order chi connectivity index (χ0) is 14.5. The van der Waals surface area contributed by atoms with Gasteiger partial charge in [-0.2, -0.15) is 0 Å². The molecule has 0 aromatic heterocycles. The van der Waals surface area contributed by atoms with E-state index in [-0.39, 0.29) is 0 Å². The van der Waals surface area contributed by atoms with Crippen molar-refractivity contribution in [1.82, 2.24) is 0 Å². The average Bonchev–Trinajstić information content (AvgIpc) is 2.57. The van der Waals surface area contributed by atoms with Gasteiger partial charge in [0.05, 0.1) is 7.11 Å². The summed E-state index contributed by atoms with van der Waals surface area (Å²) in [6.45, 7) is 0.501. The number of rotatable bonds is 4. The smallest absolute Gasteiger partial charge is 0.212 e. The molecule has 3 rings (SSSR count). The van der Waals surface area contributed by atoms with Crippen LogP contribution < -0.4 is 15.7 Å². The standard InChI is InChI=1S/C19H23BO/c1-21-19-14-8-13-18(15-19)20(16-9-4-2-5-10-16)17-11-6-3-7-12-17/h2,4-5,8-10,13-15,17H,3,6-7,11-12H2,1H3. The van der Waals surface area contributed by atoms with Gasteiger partial charge in [0.1, 0.15) is 5.75 Å². The van der Waals surface area contributed by atoms with E-state index in [9.17, 15) is 0 Å². The highest BCUT2D eigenvalue weighted by Crippen LogP contribution is 2.31. The number of ether oxygens (including phenoxy) is 1. The zero-order valence-corrected chi connectivity index (χ0v) is 12.8. The first-order valence-corrected chi connectivity index (χ1v) is 8.07. The second-order valence-corrected chi connectivity index (χ2v) is 6.06. The van der Waals surface area contributed by atoms with Crippen LogP contribution in [-0.4, -0.2) is 13.8 Å². The Balaban J connectivity index is 1.98. The van der Waals surface area contributed by atoms with Crippen molar-refractivity contribution in [2.75, 3.05) is 7.11 Å². The first-order valence-electron chi connectivity index (χ1n) is 8.07. The van der Waals surface area contributed by atoms with Crippen LogP contribution in [-0.2, 0) is 0 Å². The molecule has 0 bridgehead atoms. The maximum atomic E-state index is 5.43. The van der Waals surface area contributed by atoms with Crippen molar-refractivity contribution < 1.29 is 4.74 Å². The van der Waals surface area contributed by atoms with Gasteiger partial charge in [0.2, 0.25) is 6.71 Å². The van der Waals surface area contributed by atoms with E-state index in [1.165, 1.54) is 43.0 Å². The van der Waals surface area contributed by atoms with Gasteiger partial charge < -0.3 is 4.74 Å². The van der Waals surface area contributed by atoms with Crippen LogP contribution in [0.2, 0.25) is 5.82 Å². The van der Waals surface area contributed by atoms with Crippen LogP contribution in [0.25, 0.3) is 0 Å². The van der Waals surface area contributed by atoms with Gasteiger partial charge in [-0.05, 0) is 12.1 Å². The third-order valence-electron chi connectivity index (χ3n) is 4.73. The molecule has 0 saturated heterocycles. The molecule has 1 saturated carbocycles. The fourth-order valence-electron chi connectivity index (χ4n) is 3.70. The quantitative estimate of drug-likeness (QED) is 0.776. The van der Waals surface area contributed by atoms with Crippen molar-refractivity contribution in [3.63, 3.8) is 0 Å². The predicted octanol–water partition coefficient (Wildman–Crippen LogP) is 3.64. The number of hydrogen-bond donors (Lipinski definition) is 0. The van der Waals surface area contributed by atoms with Crippen molar-refractivity contribution in [3.05, 3.63) is 54.6 Å². The highest BCUT2D eigenvalue weighted by atomic mass is 16.5. The van der Waals surface area contributed by atoms with E-state index in [4.69, 9.17) is 4.74 Å². The Labute approximate surface area is 128 Å². The van der Waals surface area contributed by atoms with Gasteiger partial charge in [0, 0.05) is 0 Å². The lowest BCUT2D eigenvalue weighted by Crippen LogP contribution is -2.46. The summed E-state index contributed by atoms with van der Waals surface area (Å²) >= 11 is 0. The Morgan fingerprint density at radius 3 is 2.29 bits per heavy atom. The molecular formula is C19H23BO. The van der Waals surface area contributed by atoms with E-state index in [0.717, 1.165) is 11.6 Å². The summed E-state index contributed by atoms with van der Waals surface area (Å²) in [7, 11) is 1.75. The normalized spacial score (nSPS) is 15.7. The summed E-state index contributed by atoms with van der Waals surface area (Å²) in [6, 6.07) is 19.6. The van der Waals surface area contributed by atoms with Gasteiger partial charge >= 0.3 is 0 Å². The summed E-state index contributed by atoms with van der Waals surface area (Å²) < 4.78 is 5.43. The minimum Gasteiger partial charge on any atom is -0.497 e. The molecule has 0 unspecified atom stereocenters. The van der Waals surface area contributed by atoms with Crippen molar-refractivity contribution >= 4 is 17.6 Å². The second kappa shape index (κ2) is 6.84. The van der Waals surface area contributed by atoms with E-state index in [2.05, 4.69) is 48.5 Å². The maximum absolute atomic E-state index is 5.43. The molecule has 108 valence electrons. The van der Waals surface area contributed by atoms with E-state index < -0.39 is 0 Å². The zero-order valence-electron chi connectivity index (χ0n) is 12.8. The number of methoxy groups -OCH3 is 1. The van der Waals surface area contributed by atoms with Crippen LogP contribution in [0.3, 0.4) is 0 Å². The Bertz CT molecular complexity index is 561. The third kappa shape index (κ3) is 3.32. The molecule has 2 aromatic rings. The molecule has 2 aromatic carbocycles. The molecule has 1 aliphatic carbocycles. The lowest BCUT2D eigenvalue weighted by molar-refractivity contribution is 0.415. The third-order valence-corrected chi connectivity index (χ3v) is 4.73. The van der Waals surface area contributed by atoms with Crippen LogP contribution in [0.15, 0.2) is 54.6 Å². The first kappa shape index (κ1) is 14.3. The molecule has 21 heavy (non-hydrogen) atoms. The Morgan fingerprint density at radius 1 is 0.857 bits per heavy atom. The number of benzene rings is 2. The van der Waals surface area contributed by atoms with E-state index in [1.807, 2.05) is 6.07 Å². The largest absolute Gasteiger partial charge is 0.497 e. The van der Waals surface area contributed by atoms with Crippen molar-refractivity contribution in [1.29, 1.82) is 0 Å². The lowest BCUT2D eigenvalue weighted by atomic mass is 9.32. The van der Waals surface area contributed by atoms with Crippen LogP contribution in [0.1, 0.15) is 32.1 Å². The van der Waals surface area contributed by atoms with Gasteiger partial charge in [-0.25, -0.2) is 0 Å². The monoisotopic (exact) mass is 278 g/mol. The number of hydrogen-bond acceptors (Lipinski definition) is 1. The molecule has 2 heteroatoms. The summed E-state index contributed by atoms with van der Waals surface area (Å²) in [6.07, 6.45) is 6.83. The van der Waals surface area contributed by atoms with Gasteiger partial charge in [0.25, 0.3) is 0 Å².